The maximum atomic E-state index is 8.74. The molecular formula is C15H24N2OS. The van der Waals surface area contributed by atoms with Gasteiger partial charge in [0.25, 0.3) is 0 Å². The van der Waals surface area contributed by atoms with E-state index in [-0.39, 0.29) is 6.61 Å². The molecular weight excluding hydrogens is 256 g/mol. The highest BCUT2D eigenvalue weighted by Crippen LogP contribution is 2.17. The molecule has 1 N–H and O–H groups in total. The van der Waals surface area contributed by atoms with Crippen molar-refractivity contribution in [2.45, 2.75) is 19.4 Å². The lowest BCUT2D eigenvalue weighted by Crippen LogP contribution is -2.23. The first-order chi connectivity index (χ1) is 9.13. The first-order valence-corrected chi connectivity index (χ1v) is 7.51. The molecule has 0 aliphatic carbocycles. The summed E-state index contributed by atoms with van der Waals surface area (Å²) >= 11 is 1.76. The zero-order valence-corrected chi connectivity index (χ0v) is 13.0. The summed E-state index contributed by atoms with van der Waals surface area (Å²) in [4.78, 5) is 5.87. The van der Waals surface area contributed by atoms with Crippen molar-refractivity contribution in [2.24, 2.45) is 0 Å². The van der Waals surface area contributed by atoms with Gasteiger partial charge in [-0.3, -0.25) is 0 Å². The van der Waals surface area contributed by atoms with Gasteiger partial charge in [0, 0.05) is 23.4 Å². The van der Waals surface area contributed by atoms with Crippen LogP contribution >= 0.6 is 11.3 Å². The molecule has 0 unspecified atom stereocenters. The summed E-state index contributed by atoms with van der Waals surface area (Å²) in [6.07, 6.45) is 1.73. The van der Waals surface area contributed by atoms with Crippen LogP contribution in [0.15, 0.2) is 11.4 Å². The molecule has 1 aromatic rings. The molecule has 0 atom stereocenters. The normalized spacial score (nSPS) is 10.8. The number of aliphatic hydroxyl groups is 1. The van der Waals surface area contributed by atoms with Crippen molar-refractivity contribution in [3.63, 3.8) is 0 Å². The van der Waals surface area contributed by atoms with Crippen molar-refractivity contribution in [2.75, 3.05) is 40.8 Å². The Bertz CT molecular complexity index is 417. The molecule has 106 valence electrons. The number of hydrogen-bond donors (Lipinski definition) is 1. The Labute approximate surface area is 120 Å². The van der Waals surface area contributed by atoms with Crippen LogP contribution in [0.4, 0.5) is 0 Å². The van der Waals surface area contributed by atoms with Gasteiger partial charge in [0.15, 0.2) is 0 Å². The van der Waals surface area contributed by atoms with Crippen LogP contribution in [-0.4, -0.2) is 55.7 Å². The molecule has 1 aromatic heterocycles. The van der Waals surface area contributed by atoms with E-state index in [4.69, 9.17) is 5.11 Å². The number of thiophene rings is 1. The standard InChI is InChI=1S/C15H24N2OS/c1-16(2)9-6-10-17(3)13-15-14(8-12-19-15)7-4-5-11-18/h8,12,18H,5-6,9-11,13H2,1-3H3. The lowest BCUT2D eigenvalue weighted by molar-refractivity contribution is 0.296. The summed E-state index contributed by atoms with van der Waals surface area (Å²) in [5, 5.41) is 10.8. The third kappa shape index (κ3) is 6.74. The Balaban J connectivity index is 2.44. The number of aliphatic hydroxyl groups excluding tert-OH is 1. The maximum absolute atomic E-state index is 8.74. The second kappa shape index (κ2) is 9.11. The van der Waals surface area contributed by atoms with E-state index in [1.165, 1.54) is 11.3 Å². The lowest BCUT2D eigenvalue weighted by atomic mass is 10.2. The fourth-order valence-corrected chi connectivity index (χ4v) is 2.68. The van der Waals surface area contributed by atoms with Crippen LogP contribution in [0.3, 0.4) is 0 Å². The molecule has 19 heavy (non-hydrogen) atoms. The van der Waals surface area contributed by atoms with Crippen molar-refractivity contribution in [1.29, 1.82) is 0 Å². The largest absolute Gasteiger partial charge is 0.395 e. The molecule has 0 aliphatic heterocycles. The second-order valence-corrected chi connectivity index (χ2v) is 5.93. The van der Waals surface area contributed by atoms with E-state index in [2.05, 4.69) is 54.2 Å². The highest BCUT2D eigenvalue weighted by molar-refractivity contribution is 7.10. The molecule has 0 aromatic carbocycles. The van der Waals surface area contributed by atoms with Crippen LogP contribution in [-0.2, 0) is 6.54 Å². The first-order valence-electron chi connectivity index (χ1n) is 6.63. The Morgan fingerprint density at radius 2 is 2.05 bits per heavy atom. The van der Waals surface area contributed by atoms with Gasteiger partial charge in [-0.2, -0.15) is 0 Å². The number of nitrogens with zero attached hydrogens (tertiary/aromatic N) is 2. The molecule has 0 spiro atoms. The summed E-state index contributed by atoms with van der Waals surface area (Å²) in [7, 11) is 6.36. The van der Waals surface area contributed by atoms with Gasteiger partial charge in [0.05, 0.1) is 6.61 Å². The zero-order valence-electron chi connectivity index (χ0n) is 12.1. The van der Waals surface area contributed by atoms with Gasteiger partial charge < -0.3 is 14.9 Å². The summed E-state index contributed by atoms with van der Waals surface area (Å²) in [6.45, 7) is 3.31. The van der Waals surface area contributed by atoms with E-state index in [0.717, 1.165) is 25.2 Å². The summed E-state index contributed by atoms with van der Waals surface area (Å²) in [5.41, 5.74) is 1.11. The quantitative estimate of drug-likeness (QED) is 0.772. The lowest BCUT2D eigenvalue weighted by Gasteiger charge is -2.17. The summed E-state index contributed by atoms with van der Waals surface area (Å²) < 4.78 is 0. The van der Waals surface area contributed by atoms with E-state index >= 15 is 0 Å². The minimum atomic E-state index is 0.136. The molecule has 0 saturated heterocycles. The second-order valence-electron chi connectivity index (χ2n) is 4.93. The average Bonchev–Trinajstić information content (AvgIpc) is 2.76. The Kier molecular flexibility index (Phi) is 7.76. The molecule has 4 heteroatoms. The summed E-state index contributed by atoms with van der Waals surface area (Å²) in [5.74, 6) is 6.13. The fraction of sp³-hybridized carbons (Fsp3) is 0.600. The van der Waals surface area contributed by atoms with E-state index in [9.17, 15) is 0 Å². The van der Waals surface area contributed by atoms with E-state index in [0.29, 0.717) is 6.42 Å². The van der Waals surface area contributed by atoms with Crippen molar-refractivity contribution < 1.29 is 5.11 Å². The molecule has 0 amide bonds. The predicted octanol–water partition coefficient (Wildman–Crippen LogP) is 1.87. The van der Waals surface area contributed by atoms with Crippen LogP contribution in [0, 0.1) is 11.8 Å². The molecule has 0 bridgehead atoms. The van der Waals surface area contributed by atoms with Gasteiger partial charge in [-0.15, -0.1) is 11.3 Å². The number of hydrogen-bond acceptors (Lipinski definition) is 4. The van der Waals surface area contributed by atoms with Crippen molar-refractivity contribution in [1.82, 2.24) is 9.80 Å². The van der Waals surface area contributed by atoms with Crippen molar-refractivity contribution in [3.8, 4) is 11.8 Å². The molecule has 0 aliphatic rings. The van der Waals surface area contributed by atoms with Gasteiger partial charge in [-0.1, -0.05) is 11.8 Å². The van der Waals surface area contributed by atoms with E-state index < -0.39 is 0 Å². The van der Waals surface area contributed by atoms with E-state index in [1.807, 2.05) is 0 Å². The van der Waals surface area contributed by atoms with Gasteiger partial charge in [0.2, 0.25) is 0 Å². The Hall–Kier alpha value is -0.860. The molecule has 1 heterocycles. The Morgan fingerprint density at radius 1 is 1.26 bits per heavy atom. The van der Waals surface area contributed by atoms with Crippen molar-refractivity contribution in [3.05, 3.63) is 21.9 Å². The topological polar surface area (TPSA) is 26.7 Å². The average molecular weight is 280 g/mol. The highest BCUT2D eigenvalue weighted by atomic mass is 32.1. The minimum Gasteiger partial charge on any atom is -0.395 e. The molecule has 1 rings (SSSR count). The highest BCUT2D eigenvalue weighted by Gasteiger charge is 2.06. The first kappa shape index (κ1) is 16.2. The third-order valence-electron chi connectivity index (χ3n) is 2.76. The smallest absolute Gasteiger partial charge is 0.0540 e. The van der Waals surface area contributed by atoms with Gasteiger partial charge in [-0.25, -0.2) is 0 Å². The SMILES string of the molecule is CN(C)CCCN(C)Cc1sccc1C#CCCO. The summed E-state index contributed by atoms with van der Waals surface area (Å²) in [6, 6.07) is 2.07. The van der Waals surface area contributed by atoms with E-state index in [1.54, 1.807) is 11.3 Å². The van der Waals surface area contributed by atoms with Crippen LogP contribution < -0.4 is 0 Å². The zero-order chi connectivity index (χ0) is 14.1. The predicted molar refractivity (Wildman–Crippen MR) is 82.4 cm³/mol. The molecule has 0 fully saturated rings. The minimum absolute atomic E-state index is 0.136. The van der Waals surface area contributed by atoms with Gasteiger partial charge >= 0.3 is 0 Å². The monoisotopic (exact) mass is 280 g/mol. The molecule has 0 radical (unpaired) electrons. The molecule has 3 nitrogen and oxygen atoms in total. The van der Waals surface area contributed by atoms with Crippen molar-refractivity contribution >= 4 is 11.3 Å². The third-order valence-corrected chi connectivity index (χ3v) is 3.67. The number of rotatable bonds is 7. The van der Waals surface area contributed by atoms with Gasteiger partial charge in [0.1, 0.15) is 0 Å². The maximum Gasteiger partial charge on any atom is 0.0540 e. The van der Waals surface area contributed by atoms with Crippen LogP contribution in [0.1, 0.15) is 23.3 Å². The van der Waals surface area contributed by atoms with Crippen LogP contribution in [0.5, 0.6) is 0 Å². The van der Waals surface area contributed by atoms with Crippen LogP contribution in [0.25, 0.3) is 0 Å². The fourth-order valence-electron chi connectivity index (χ4n) is 1.77. The van der Waals surface area contributed by atoms with Gasteiger partial charge in [-0.05, 0) is 52.1 Å². The Morgan fingerprint density at radius 3 is 2.74 bits per heavy atom. The van der Waals surface area contributed by atoms with Crippen LogP contribution in [0.2, 0.25) is 0 Å². The molecule has 0 saturated carbocycles.